The molecule has 2 aromatic rings. The maximum absolute atomic E-state index is 14.9. The lowest BCUT2D eigenvalue weighted by Gasteiger charge is -2.26. The Morgan fingerprint density at radius 2 is 1.85 bits per heavy atom. The number of rotatable bonds is 5. The van der Waals surface area contributed by atoms with E-state index in [1.807, 2.05) is 4.72 Å². The van der Waals surface area contributed by atoms with E-state index in [4.69, 9.17) is 10.00 Å². The first-order chi connectivity index (χ1) is 15.1. The molecule has 1 aliphatic rings. The van der Waals surface area contributed by atoms with E-state index >= 15 is 0 Å². The Balaban J connectivity index is 2.23. The summed E-state index contributed by atoms with van der Waals surface area (Å²) in [6.07, 6.45) is -3.49. The van der Waals surface area contributed by atoms with Crippen molar-refractivity contribution in [3.8, 4) is 17.6 Å². The molecule has 1 aliphatic heterocycles. The lowest BCUT2D eigenvalue weighted by atomic mass is 10.00. The molecule has 0 aliphatic carbocycles. The molecule has 0 fully saturated rings. The van der Waals surface area contributed by atoms with Crippen LogP contribution in [0, 0.1) is 17.1 Å². The van der Waals surface area contributed by atoms with Gasteiger partial charge in [0.25, 0.3) is 6.43 Å². The maximum atomic E-state index is 14.9. The number of ether oxygens (including phenoxy) is 1. The molecule has 33 heavy (non-hydrogen) atoms. The highest BCUT2D eigenvalue weighted by atomic mass is 32.2. The van der Waals surface area contributed by atoms with Gasteiger partial charge in [0, 0.05) is 11.6 Å². The van der Waals surface area contributed by atoms with E-state index in [9.17, 15) is 34.6 Å². The molecule has 2 aromatic carbocycles. The summed E-state index contributed by atoms with van der Waals surface area (Å²) in [6, 6.07) is 3.17. The van der Waals surface area contributed by atoms with Crippen LogP contribution in [0.25, 0.3) is 0 Å². The summed E-state index contributed by atoms with van der Waals surface area (Å²) in [4.78, 5) is -1.06. The van der Waals surface area contributed by atoms with Gasteiger partial charge < -0.3 is 4.74 Å². The van der Waals surface area contributed by atoms with Gasteiger partial charge in [0.05, 0.1) is 37.8 Å². The number of nitrogens with one attached hydrogen (secondary N) is 1. The van der Waals surface area contributed by atoms with Crippen LogP contribution in [0.1, 0.15) is 49.9 Å². The topological polar surface area (TPSA) is 96.3 Å². The summed E-state index contributed by atoms with van der Waals surface area (Å²) in [5.74, 6) is -2.03. The van der Waals surface area contributed by atoms with Crippen molar-refractivity contribution in [1.82, 2.24) is 4.72 Å². The molecular weight excluding hydrogens is 491 g/mol. The van der Waals surface area contributed by atoms with E-state index in [0.29, 0.717) is 6.07 Å². The highest BCUT2D eigenvalue weighted by molar-refractivity contribution is 7.93. The summed E-state index contributed by atoms with van der Waals surface area (Å²) in [5.41, 5.74) is -2.36. The van der Waals surface area contributed by atoms with Crippen molar-refractivity contribution in [2.75, 3.05) is 0 Å². The molecule has 0 spiro atoms. The molecule has 2 atom stereocenters. The summed E-state index contributed by atoms with van der Waals surface area (Å²) in [7, 11) is -7.66. The number of benzene rings is 2. The van der Waals surface area contributed by atoms with E-state index in [2.05, 4.69) is 0 Å². The second-order valence-electron chi connectivity index (χ2n) is 8.08. The molecule has 178 valence electrons. The van der Waals surface area contributed by atoms with Gasteiger partial charge in [0.15, 0.2) is 0 Å². The first-order valence-corrected chi connectivity index (χ1v) is 11.9. The second-order valence-corrected chi connectivity index (χ2v) is 12.1. The Bertz CT molecular complexity index is 1280. The molecule has 6 nitrogen and oxygen atoms in total. The fourth-order valence-electron chi connectivity index (χ4n) is 3.14. The standard InChI is InChI=1S/C20H17F5N2O4S2/c1-19(2,3)32(28)27-17-16-14(33(29,30)20(17,24)25)5-4-13(15(16)18(22)23)31-12-7-10(9-26)6-11(21)8-12/h4-8,17-18,27H,1-3H3/t17-,32?/m0/s1. The molecule has 0 aromatic heterocycles. The Morgan fingerprint density at radius 1 is 1.21 bits per heavy atom. The molecule has 0 saturated carbocycles. The molecule has 13 heteroatoms. The Hall–Kier alpha value is -2.56. The van der Waals surface area contributed by atoms with Crippen molar-refractivity contribution in [2.45, 2.75) is 48.1 Å². The molecule has 3 rings (SSSR count). The number of hydrogen-bond acceptors (Lipinski definition) is 5. The zero-order chi connectivity index (χ0) is 24.9. The van der Waals surface area contributed by atoms with Gasteiger partial charge >= 0.3 is 5.25 Å². The number of fused-ring (bicyclic) bond motifs is 1. The SMILES string of the molecule is CC(C)(C)S(=O)N[C@H]1c2c(ccc(Oc3cc(F)cc(C#N)c3)c2C(F)F)S(=O)(=O)C1(F)F. The number of nitrogens with zero attached hydrogens (tertiary/aromatic N) is 1. The summed E-state index contributed by atoms with van der Waals surface area (Å²) >= 11 is 0. The Kier molecular flexibility index (Phi) is 6.33. The van der Waals surface area contributed by atoms with Crippen LogP contribution in [-0.4, -0.2) is 22.6 Å². The van der Waals surface area contributed by atoms with Crippen LogP contribution < -0.4 is 9.46 Å². The van der Waals surface area contributed by atoms with Gasteiger partial charge in [-0.1, -0.05) is 0 Å². The molecular formula is C20H17F5N2O4S2. The highest BCUT2D eigenvalue weighted by Crippen LogP contribution is 2.54. The van der Waals surface area contributed by atoms with Crippen LogP contribution >= 0.6 is 0 Å². The van der Waals surface area contributed by atoms with Crippen molar-refractivity contribution >= 4 is 20.8 Å². The molecule has 1 heterocycles. The van der Waals surface area contributed by atoms with Gasteiger partial charge in [-0.25, -0.2) is 30.5 Å². The van der Waals surface area contributed by atoms with Gasteiger partial charge in [-0.2, -0.15) is 14.0 Å². The first-order valence-electron chi connectivity index (χ1n) is 9.25. The van der Waals surface area contributed by atoms with Crippen molar-refractivity contribution in [1.29, 1.82) is 5.26 Å². The molecule has 1 N–H and O–H groups in total. The smallest absolute Gasteiger partial charge is 0.369 e. The highest BCUT2D eigenvalue weighted by Gasteiger charge is 2.63. The molecule has 0 bridgehead atoms. The lowest BCUT2D eigenvalue weighted by Crippen LogP contribution is -2.43. The van der Waals surface area contributed by atoms with Gasteiger partial charge in [-0.05, 0) is 45.0 Å². The largest absolute Gasteiger partial charge is 0.457 e. The Morgan fingerprint density at radius 3 is 2.39 bits per heavy atom. The predicted molar refractivity (Wildman–Crippen MR) is 108 cm³/mol. The van der Waals surface area contributed by atoms with Gasteiger partial charge in [0.2, 0.25) is 9.84 Å². The summed E-state index contributed by atoms with van der Waals surface area (Å²) < 4.78 is 115. The lowest BCUT2D eigenvalue weighted by molar-refractivity contribution is 0.0602. The van der Waals surface area contributed by atoms with Crippen LogP contribution in [0.4, 0.5) is 22.0 Å². The number of nitriles is 1. The van der Waals surface area contributed by atoms with Crippen LogP contribution in [0.15, 0.2) is 35.2 Å². The number of sulfone groups is 1. The summed E-state index contributed by atoms with van der Waals surface area (Å²) in [6.45, 7) is 4.26. The van der Waals surface area contributed by atoms with Crippen LogP contribution in [0.5, 0.6) is 11.5 Å². The molecule has 0 radical (unpaired) electrons. The van der Waals surface area contributed by atoms with Crippen molar-refractivity contribution in [2.24, 2.45) is 0 Å². The van der Waals surface area contributed by atoms with Crippen LogP contribution in [-0.2, 0) is 20.8 Å². The van der Waals surface area contributed by atoms with E-state index in [1.54, 1.807) is 6.07 Å². The molecule has 0 saturated heterocycles. The van der Waals surface area contributed by atoms with Crippen molar-refractivity contribution < 1.29 is 39.3 Å². The van der Waals surface area contributed by atoms with E-state index in [0.717, 1.165) is 24.3 Å². The molecule has 1 unspecified atom stereocenters. The van der Waals surface area contributed by atoms with E-state index in [1.165, 1.54) is 20.8 Å². The first kappa shape index (κ1) is 25.1. The minimum Gasteiger partial charge on any atom is -0.457 e. The molecule has 0 amide bonds. The third-order valence-corrected chi connectivity index (χ3v) is 8.16. The van der Waals surface area contributed by atoms with Gasteiger partial charge in [-0.15, -0.1) is 0 Å². The van der Waals surface area contributed by atoms with Crippen LogP contribution in [0.2, 0.25) is 0 Å². The average molecular weight is 508 g/mol. The zero-order valence-electron chi connectivity index (χ0n) is 17.3. The minimum absolute atomic E-state index is 0.195. The van der Waals surface area contributed by atoms with E-state index < -0.39 is 70.9 Å². The predicted octanol–water partition coefficient (Wildman–Crippen LogP) is 4.90. The minimum atomic E-state index is -5.41. The third-order valence-electron chi connectivity index (χ3n) is 4.71. The van der Waals surface area contributed by atoms with Crippen molar-refractivity contribution in [3.63, 3.8) is 0 Å². The number of hydrogen-bond donors (Lipinski definition) is 1. The normalized spacial score (nSPS) is 19.7. The number of alkyl halides is 4. The third kappa shape index (κ3) is 4.34. The average Bonchev–Trinajstić information content (AvgIpc) is 2.83. The fraction of sp³-hybridized carbons (Fsp3) is 0.350. The van der Waals surface area contributed by atoms with Crippen LogP contribution in [0.3, 0.4) is 0 Å². The van der Waals surface area contributed by atoms with E-state index in [-0.39, 0.29) is 11.3 Å². The number of halogens is 5. The quantitative estimate of drug-likeness (QED) is 0.580. The van der Waals surface area contributed by atoms with Gasteiger partial charge in [0.1, 0.15) is 23.4 Å². The van der Waals surface area contributed by atoms with Gasteiger partial charge in [-0.3, -0.25) is 0 Å². The zero-order valence-corrected chi connectivity index (χ0v) is 19.0. The maximum Gasteiger partial charge on any atom is 0.369 e. The second kappa shape index (κ2) is 8.34. The summed E-state index contributed by atoms with van der Waals surface area (Å²) in [5, 5.41) is 4.35. The van der Waals surface area contributed by atoms with Crippen molar-refractivity contribution in [3.05, 3.63) is 52.8 Å². The fourth-order valence-corrected chi connectivity index (χ4v) is 5.59. The monoisotopic (exact) mass is 508 g/mol. The Labute approximate surface area is 188 Å².